The Balaban J connectivity index is 4.24. The van der Waals surface area contributed by atoms with Crippen LogP contribution >= 0.6 is 0 Å². The minimum Gasteiger partial charge on any atom is -0.469 e. The molecule has 0 aromatic heterocycles. The maximum Gasteiger partial charge on any atom is 0.402 e. The van der Waals surface area contributed by atoms with Crippen LogP contribution < -0.4 is 0 Å². The minimum absolute atomic E-state index is 0.0722. The summed E-state index contributed by atoms with van der Waals surface area (Å²) in [6, 6.07) is 0. The predicted octanol–water partition coefficient (Wildman–Crippen LogP) is 0.764. The van der Waals surface area contributed by atoms with Gasteiger partial charge in [-0.3, -0.25) is 4.79 Å². The fraction of sp³-hybridized carbons (Fsp3) is 0.875. The molecule has 0 N–H and O–H groups in total. The maximum atomic E-state index is 12.0. The first-order valence-corrected chi connectivity index (χ1v) is 6.27. The smallest absolute Gasteiger partial charge is 0.402 e. The van der Waals surface area contributed by atoms with Crippen molar-refractivity contribution in [2.45, 2.75) is 19.0 Å². The lowest BCUT2D eigenvalue weighted by molar-refractivity contribution is -0.140. The molecule has 0 saturated carbocycles. The minimum atomic E-state index is -4.58. The molecular formula is C8H14F3NO4S. The van der Waals surface area contributed by atoms with Gasteiger partial charge in [0.2, 0.25) is 10.0 Å². The van der Waals surface area contributed by atoms with Gasteiger partial charge < -0.3 is 4.74 Å². The summed E-state index contributed by atoms with van der Waals surface area (Å²) in [7, 11) is -2.00. The quantitative estimate of drug-likeness (QED) is 0.672. The van der Waals surface area contributed by atoms with Crippen molar-refractivity contribution in [3.05, 3.63) is 0 Å². The van der Waals surface area contributed by atoms with E-state index >= 15 is 0 Å². The van der Waals surface area contributed by atoms with Gasteiger partial charge in [0, 0.05) is 13.5 Å². The highest BCUT2D eigenvalue weighted by atomic mass is 32.2. The highest BCUT2D eigenvalue weighted by Crippen LogP contribution is 2.17. The number of alkyl halides is 3. The summed E-state index contributed by atoms with van der Waals surface area (Å²) in [4.78, 5) is 10.7. The zero-order valence-corrected chi connectivity index (χ0v) is 10.3. The van der Waals surface area contributed by atoms with Crippen LogP contribution in [0.15, 0.2) is 0 Å². The van der Waals surface area contributed by atoms with Crippen LogP contribution in [0, 0.1) is 0 Å². The molecule has 0 unspecified atom stereocenters. The Labute approximate surface area is 97.6 Å². The molecule has 0 amide bonds. The van der Waals surface area contributed by atoms with Crippen LogP contribution in [-0.2, 0) is 19.6 Å². The molecule has 0 aliphatic rings. The number of rotatable bonds is 6. The van der Waals surface area contributed by atoms with Gasteiger partial charge in [0.15, 0.2) is 0 Å². The molecule has 0 bridgehead atoms. The fourth-order valence-electron chi connectivity index (χ4n) is 1.01. The van der Waals surface area contributed by atoms with Gasteiger partial charge in [-0.2, -0.15) is 17.5 Å². The number of methoxy groups -OCH3 is 1. The van der Waals surface area contributed by atoms with Gasteiger partial charge in [0.05, 0.1) is 12.9 Å². The lowest BCUT2D eigenvalue weighted by atomic mass is 10.3. The maximum absolute atomic E-state index is 12.0. The zero-order valence-electron chi connectivity index (χ0n) is 9.45. The molecule has 0 rings (SSSR count). The highest BCUT2D eigenvalue weighted by molar-refractivity contribution is 7.89. The number of carbonyl (C=O) groups excluding carboxylic acids is 1. The second-order valence-corrected chi connectivity index (χ2v) is 5.56. The number of esters is 1. The molecule has 0 saturated heterocycles. The number of halogens is 3. The lowest BCUT2D eigenvalue weighted by Crippen LogP contribution is -2.37. The monoisotopic (exact) mass is 277 g/mol. The van der Waals surface area contributed by atoms with Gasteiger partial charge >= 0.3 is 12.1 Å². The van der Waals surface area contributed by atoms with E-state index in [1.807, 2.05) is 0 Å². The van der Waals surface area contributed by atoms with E-state index < -0.39 is 34.5 Å². The first-order valence-electron chi connectivity index (χ1n) is 4.66. The Morgan fingerprint density at radius 3 is 2.29 bits per heavy atom. The third-order valence-corrected chi connectivity index (χ3v) is 3.77. The molecule has 0 aliphatic heterocycles. The topological polar surface area (TPSA) is 63.7 Å². The van der Waals surface area contributed by atoms with Crippen LogP contribution in [0.5, 0.6) is 0 Å². The fourth-order valence-corrected chi connectivity index (χ4v) is 2.17. The summed E-state index contributed by atoms with van der Waals surface area (Å²) in [6.45, 7) is -1.53. The van der Waals surface area contributed by atoms with Crippen molar-refractivity contribution in [3.8, 4) is 0 Å². The predicted molar refractivity (Wildman–Crippen MR) is 53.7 cm³/mol. The van der Waals surface area contributed by atoms with Gasteiger partial charge in [-0.05, 0) is 6.42 Å². The van der Waals surface area contributed by atoms with E-state index in [0.717, 1.165) is 14.2 Å². The van der Waals surface area contributed by atoms with Crippen molar-refractivity contribution in [1.82, 2.24) is 4.31 Å². The van der Waals surface area contributed by atoms with E-state index in [1.54, 1.807) is 0 Å². The number of hydrogen-bond donors (Lipinski definition) is 0. The van der Waals surface area contributed by atoms with E-state index in [2.05, 4.69) is 4.74 Å². The van der Waals surface area contributed by atoms with Crippen molar-refractivity contribution >= 4 is 16.0 Å². The Kier molecular flexibility index (Phi) is 5.89. The summed E-state index contributed by atoms with van der Waals surface area (Å²) >= 11 is 0. The molecule has 0 fully saturated rings. The molecule has 0 heterocycles. The third kappa shape index (κ3) is 7.16. The van der Waals surface area contributed by atoms with E-state index in [4.69, 9.17) is 0 Å². The van der Waals surface area contributed by atoms with E-state index in [9.17, 15) is 26.4 Å². The molecule has 0 aromatic rings. The molecule has 5 nitrogen and oxygen atoms in total. The number of ether oxygens (including phenoxy) is 1. The summed E-state index contributed by atoms with van der Waals surface area (Å²) in [5, 5.41) is 0. The Bertz CT molecular complexity index is 352. The molecule has 0 aliphatic carbocycles. The van der Waals surface area contributed by atoms with E-state index in [-0.39, 0.29) is 17.1 Å². The van der Waals surface area contributed by atoms with Crippen molar-refractivity contribution in [3.63, 3.8) is 0 Å². The standard InChI is InChI=1S/C8H14F3NO4S/c1-12(6-8(9,10)11)17(14,15)5-3-4-7(13)16-2/h3-6H2,1-2H3. The summed E-state index contributed by atoms with van der Waals surface area (Å²) in [6.07, 6.45) is -4.79. The molecule has 0 spiro atoms. The van der Waals surface area contributed by atoms with Crippen molar-refractivity contribution < 1.29 is 31.1 Å². The van der Waals surface area contributed by atoms with Gasteiger partial charge in [0.1, 0.15) is 6.54 Å². The van der Waals surface area contributed by atoms with Gasteiger partial charge in [-0.1, -0.05) is 0 Å². The summed E-state index contributed by atoms with van der Waals surface area (Å²) in [5.41, 5.74) is 0. The number of sulfonamides is 1. The average molecular weight is 277 g/mol. The van der Waals surface area contributed by atoms with Gasteiger partial charge in [-0.15, -0.1) is 0 Å². The third-order valence-electron chi connectivity index (χ3n) is 1.89. The molecule has 0 radical (unpaired) electrons. The number of hydrogen-bond acceptors (Lipinski definition) is 4. The van der Waals surface area contributed by atoms with Crippen molar-refractivity contribution in [2.75, 3.05) is 26.5 Å². The zero-order chi connectivity index (χ0) is 13.7. The number of carbonyl (C=O) groups is 1. The normalized spacial score (nSPS) is 12.8. The molecule has 0 atom stereocenters. The van der Waals surface area contributed by atoms with Crippen LogP contribution in [0.4, 0.5) is 13.2 Å². The largest absolute Gasteiger partial charge is 0.469 e. The average Bonchev–Trinajstić information content (AvgIpc) is 2.14. The Hall–Kier alpha value is -0.830. The molecule has 17 heavy (non-hydrogen) atoms. The van der Waals surface area contributed by atoms with Gasteiger partial charge in [-0.25, -0.2) is 8.42 Å². The SMILES string of the molecule is COC(=O)CCCS(=O)(=O)N(C)CC(F)(F)F. The van der Waals surface area contributed by atoms with Crippen molar-refractivity contribution in [1.29, 1.82) is 0 Å². The number of nitrogens with zero attached hydrogens (tertiary/aromatic N) is 1. The highest BCUT2D eigenvalue weighted by Gasteiger charge is 2.33. The molecule has 9 heteroatoms. The molecular weight excluding hydrogens is 263 g/mol. The van der Waals surface area contributed by atoms with E-state index in [0.29, 0.717) is 0 Å². The Morgan fingerprint density at radius 1 is 1.35 bits per heavy atom. The molecule has 0 aromatic carbocycles. The first-order chi connectivity index (χ1) is 7.58. The van der Waals surface area contributed by atoms with Crippen molar-refractivity contribution in [2.24, 2.45) is 0 Å². The summed E-state index contributed by atoms with van der Waals surface area (Å²) < 4.78 is 63.1. The van der Waals surface area contributed by atoms with Crippen LogP contribution in [0.2, 0.25) is 0 Å². The van der Waals surface area contributed by atoms with Crippen LogP contribution in [0.3, 0.4) is 0 Å². The van der Waals surface area contributed by atoms with Crippen LogP contribution in [-0.4, -0.2) is 51.3 Å². The first kappa shape index (κ1) is 16.2. The van der Waals surface area contributed by atoms with Crippen LogP contribution in [0.25, 0.3) is 0 Å². The molecule has 102 valence electrons. The van der Waals surface area contributed by atoms with Gasteiger partial charge in [0.25, 0.3) is 0 Å². The second-order valence-electron chi connectivity index (χ2n) is 3.37. The van der Waals surface area contributed by atoms with Crippen LogP contribution in [0.1, 0.15) is 12.8 Å². The summed E-state index contributed by atoms with van der Waals surface area (Å²) in [5.74, 6) is -1.12. The lowest BCUT2D eigenvalue weighted by Gasteiger charge is -2.18. The Morgan fingerprint density at radius 2 is 1.88 bits per heavy atom. The van der Waals surface area contributed by atoms with E-state index in [1.165, 1.54) is 0 Å². The second kappa shape index (κ2) is 6.20.